The van der Waals surface area contributed by atoms with Crippen molar-refractivity contribution in [2.24, 2.45) is 0 Å². The van der Waals surface area contributed by atoms with Gasteiger partial charge < -0.3 is 10.2 Å². The summed E-state index contributed by atoms with van der Waals surface area (Å²) in [5, 5.41) is 19.3. The van der Waals surface area contributed by atoms with E-state index in [1.165, 1.54) is 0 Å². The highest BCUT2D eigenvalue weighted by Gasteiger charge is 2.04. The first kappa shape index (κ1) is 12.0. The van der Waals surface area contributed by atoms with Gasteiger partial charge in [-0.2, -0.15) is 0 Å². The van der Waals surface area contributed by atoms with Crippen LogP contribution in [-0.2, 0) is 13.0 Å². The number of phenols is 1. The second-order valence-electron chi connectivity index (χ2n) is 3.89. The molecule has 17 heavy (non-hydrogen) atoms. The predicted molar refractivity (Wildman–Crippen MR) is 68.3 cm³/mol. The summed E-state index contributed by atoms with van der Waals surface area (Å²) in [6.07, 6.45) is 0.687. The molecule has 88 valence electrons. The van der Waals surface area contributed by atoms with Crippen molar-refractivity contribution in [3.8, 4) is 5.75 Å². The Bertz CT molecular complexity index is 523. The summed E-state index contributed by atoms with van der Waals surface area (Å²) in [5.41, 5.74) is 2.58. The Hall–Kier alpha value is -1.51. The third kappa shape index (κ3) is 2.78. The Morgan fingerprint density at radius 3 is 2.47 bits per heavy atom. The average molecular weight is 249 g/mol. The standard InChI is InChI=1S/C14H13ClO2/c15-13-4-2-1-3-11(13)7-10-5-6-14(17)12(8-10)9-16/h1-6,8,16-17H,7,9H2. The van der Waals surface area contributed by atoms with E-state index in [4.69, 9.17) is 16.7 Å². The van der Waals surface area contributed by atoms with Crippen LogP contribution in [0.2, 0.25) is 5.02 Å². The van der Waals surface area contributed by atoms with E-state index in [1.54, 1.807) is 12.1 Å². The molecule has 0 atom stereocenters. The van der Waals surface area contributed by atoms with Crippen LogP contribution >= 0.6 is 11.6 Å². The second kappa shape index (κ2) is 5.21. The summed E-state index contributed by atoms with van der Waals surface area (Å²) in [5.74, 6) is 0.121. The zero-order chi connectivity index (χ0) is 12.3. The summed E-state index contributed by atoms with van der Waals surface area (Å²) < 4.78 is 0. The summed E-state index contributed by atoms with van der Waals surface area (Å²) in [6, 6.07) is 12.9. The van der Waals surface area contributed by atoms with Gasteiger partial charge in [0.25, 0.3) is 0 Å². The van der Waals surface area contributed by atoms with Gasteiger partial charge in [0.1, 0.15) is 5.75 Å². The van der Waals surface area contributed by atoms with E-state index in [2.05, 4.69) is 0 Å². The zero-order valence-electron chi connectivity index (χ0n) is 9.23. The monoisotopic (exact) mass is 248 g/mol. The molecule has 2 rings (SSSR count). The SMILES string of the molecule is OCc1cc(Cc2ccccc2Cl)ccc1O. The first-order valence-corrected chi connectivity index (χ1v) is 5.73. The lowest BCUT2D eigenvalue weighted by atomic mass is 10.0. The molecular formula is C14H13ClO2. The first-order valence-electron chi connectivity index (χ1n) is 5.35. The molecule has 0 aliphatic carbocycles. The van der Waals surface area contributed by atoms with Gasteiger partial charge in [0.15, 0.2) is 0 Å². The lowest BCUT2D eigenvalue weighted by molar-refractivity contribution is 0.275. The number of aliphatic hydroxyl groups is 1. The van der Waals surface area contributed by atoms with Crippen molar-refractivity contribution in [2.75, 3.05) is 0 Å². The van der Waals surface area contributed by atoms with Crippen LogP contribution in [0.25, 0.3) is 0 Å². The highest BCUT2D eigenvalue weighted by molar-refractivity contribution is 6.31. The smallest absolute Gasteiger partial charge is 0.121 e. The van der Waals surface area contributed by atoms with Gasteiger partial charge in [-0.25, -0.2) is 0 Å². The van der Waals surface area contributed by atoms with Crippen LogP contribution in [0.3, 0.4) is 0 Å². The minimum atomic E-state index is -0.164. The molecule has 0 unspecified atom stereocenters. The van der Waals surface area contributed by atoms with Crippen molar-refractivity contribution in [1.29, 1.82) is 0 Å². The number of hydrogen-bond donors (Lipinski definition) is 2. The van der Waals surface area contributed by atoms with Crippen molar-refractivity contribution >= 4 is 11.6 Å². The Labute approximate surface area is 105 Å². The normalized spacial score (nSPS) is 10.5. The topological polar surface area (TPSA) is 40.5 Å². The lowest BCUT2D eigenvalue weighted by Crippen LogP contribution is -1.92. The fraction of sp³-hybridized carbons (Fsp3) is 0.143. The quantitative estimate of drug-likeness (QED) is 0.876. The van der Waals surface area contributed by atoms with Gasteiger partial charge in [-0.15, -0.1) is 0 Å². The predicted octanol–water partition coefficient (Wildman–Crippen LogP) is 3.13. The maximum absolute atomic E-state index is 9.47. The zero-order valence-corrected chi connectivity index (χ0v) is 9.98. The molecule has 0 aliphatic rings. The molecule has 2 aromatic rings. The Balaban J connectivity index is 2.28. The summed E-state index contributed by atoms with van der Waals surface area (Å²) in [6.45, 7) is -0.164. The van der Waals surface area contributed by atoms with Crippen LogP contribution < -0.4 is 0 Å². The maximum Gasteiger partial charge on any atom is 0.121 e. The van der Waals surface area contributed by atoms with Crippen LogP contribution in [-0.4, -0.2) is 10.2 Å². The molecule has 0 spiro atoms. The van der Waals surface area contributed by atoms with Crippen molar-refractivity contribution in [1.82, 2.24) is 0 Å². The van der Waals surface area contributed by atoms with E-state index >= 15 is 0 Å². The minimum Gasteiger partial charge on any atom is -0.508 e. The molecule has 0 amide bonds. The van der Waals surface area contributed by atoms with Crippen molar-refractivity contribution in [2.45, 2.75) is 13.0 Å². The third-order valence-corrected chi connectivity index (χ3v) is 3.04. The highest BCUT2D eigenvalue weighted by atomic mass is 35.5. The highest BCUT2D eigenvalue weighted by Crippen LogP contribution is 2.23. The van der Waals surface area contributed by atoms with Gasteiger partial charge in [-0.3, -0.25) is 0 Å². The van der Waals surface area contributed by atoms with E-state index < -0.39 is 0 Å². The molecule has 0 bridgehead atoms. The molecule has 2 aromatic carbocycles. The minimum absolute atomic E-state index is 0.121. The van der Waals surface area contributed by atoms with E-state index in [0.717, 1.165) is 16.1 Å². The maximum atomic E-state index is 9.47. The summed E-state index contributed by atoms with van der Waals surface area (Å²) in [4.78, 5) is 0. The van der Waals surface area contributed by atoms with Crippen molar-refractivity contribution < 1.29 is 10.2 Å². The average Bonchev–Trinajstić information content (AvgIpc) is 2.34. The van der Waals surface area contributed by atoms with Crippen LogP contribution in [0.15, 0.2) is 42.5 Å². The van der Waals surface area contributed by atoms with Gasteiger partial charge in [-0.1, -0.05) is 35.9 Å². The molecule has 3 heteroatoms. The summed E-state index contributed by atoms with van der Waals surface area (Å²) >= 11 is 6.08. The van der Waals surface area contributed by atoms with Crippen LogP contribution in [0.5, 0.6) is 5.75 Å². The first-order chi connectivity index (χ1) is 8.20. The number of benzene rings is 2. The molecule has 2 nitrogen and oxygen atoms in total. The Kier molecular flexibility index (Phi) is 3.67. The molecule has 0 aromatic heterocycles. The third-order valence-electron chi connectivity index (χ3n) is 2.67. The molecule has 0 heterocycles. The van der Waals surface area contributed by atoms with Gasteiger partial charge in [0.2, 0.25) is 0 Å². The van der Waals surface area contributed by atoms with Gasteiger partial charge in [-0.05, 0) is 35.7 Å². The Morgan fingerprint density at radius 1 is 1.00 bits per heavy atom. The van der Waals surface area contributed by atoms with Crippen molar-refractivity contribution in [3.05, 3.63) is 64.2 Å². The van der Waals surface area contributed by atoms with Gasteiger partial charge in [0, 0.05) is 10.6 Å². The molecule has 0 aliphatic heterocycles. The largest absolute Gasteiger partial charge is 0.508 e. The van der Waals surface area contributed by atoms with Crippen LogP contribution in [0, 0.1) is 0 Å². The molecule has 0 fully saturated rings. The number of hydrogen-bond acceptors (Lipinski definition) is 2. The second-order valence-corrected chi connectivity index (χ2v) is 4.30. The molecule has 0 saturated heterocycles. The number of aromatic hydroxyl groups is 1. The fourth-order valence-electron chi connectivity index (χ4n) is 1.74. The lowest BCUT2D eigenvalue weighted by Gasteiger charge is -2.07. The van der Waals surface area contributed by atoms with Gasteiger partial charge in [0.05, 0.1) is 6.61 Å². The fourth-order valence-corrected chi connectivity index (χ4v) is 1.94. The van der Waals surface area contributed by atoms with Crippen LogP contribution in [0.1, 0.15) is 16.7 Å². The molecule has 0 saturated carbocycles. The van der Waals surface area contributed by atoms with E-state index in [-0.39, 0.29) is 12.4 Å². The van der Waals surface area contributed by atoms with Gasteiger partial charge >= 0.3 is 0 Å². The summed E-state index contributed by atoms with van der Waals surface area (Å²) in [7, 11) is 0. The number of halogens is 1. The van der Waals surface area contributed by atoms with E-state index in [0.29, 0.717) is 12.0 Å². The van der Waals surface area contributed by atoms with Crippen molar-refractivity contribution in [3.63, 3.8) is 0 Å². The van der Waals surface area contributed by atoms with E-state index in [1.807, 2.05) is 30.3 Å². The molecule has 2 N–H and O–H groups in total. The number of rotatable bonds is 3. The van der Waals surface area contributed by atoms with E-state index in [9.17, 15) is 5.11 Å². The number of aliphatic hydroxyl groups excluding tert-OH is 1. The molecule has 0 radical (unpaired) electrons. The van der Waals surface area contributed by atoms with Crippen LogP contribution in [0.4, 0.5) is 0 Å². The Morgan fingerprint density at radius 2 is 1.76 bits per heavy atom. The molecular weight excluding hydrogens is 236 g/mol.